The van der Waals surface area contributed by atoms with Crippen molar-refractivity contribution in [2.45, 2.75) is 18.4 Å². The fourth-order valence-corrected chi connectivity index (χ4v) is 4.07. The summed E-state index contributed by atoms with van der Waals surface area (Å²) in [5.74, 6) is -1.23. The van der Waals surface area contributed by atoms with Crippen LogP contribution in [0.3, 0.4) is 0 Å². The van der Waals surface area contributed by atoms with Crippen LogP contribution in [0.15, 0.2) is 103 Å². The second-order valence-corrected chi connectivity index (χ2v) is 7.68. The van der Waals surface area contributed by atoms with Crippen molar-refractivity contribution >= 4 is 22.6 Å². The molecule has 1 amide bonds. The number of amides is 1. The van der Waals surface area contributed by atoms with E-state index in [1.54, 1.807) is 0 Å². The van der Waals surface area contributed by atoms with Crippen LogP contribution in [-0.4, -0.2) is 25.0 Å². The van der Waals surface area contributed by atoms with Crippen molar-refractivity contribution in [3.63, 3.8) is 0 Å². The molecule has 0 aliphatic carbocycles. The summed E-state index contributed by atoms with van der Waals surface area (Å²) in [4.78, 5) is 26.2. The Morgan fingerprint density at radius 1 is 0.750 bits per heavy atom. The molecule has 1 atom stereocenters. The minimum absolute atomic E-state index is 0.238. The van der Waals surface area contributed by atoms with Gasteiger partial charge in [0.1, 0.15) is 6.04 Å². The molecule has 32 heavy (non-hydrogen) atoms. The summed E-state index contributed by atoms with van der Waals surface area (Å²) in [6, 6.07) is 32.4. The van der Waals surface area contributed by atoms with Crippen LogP contribution in [0.5, 0.6) is 0 Å². The van der Waals surface area contributed by atoms with Crippen LogP contribution in [0.1, 0.15) is 22.6 Å². The minimum Gasteiger partial charge on any atom is -0.467 e. The third-order valence-corrected chi connectivity index (χ3v) is 5.63. The van der Waals surface area contributed by atoms with E-state index in [0.29, 0.717) is 6.42 Å². The van der Waals surface area contributed by atoms with Crippen LogP contribution in [0, 0.1) is 0 Å². The summed E-state index contributed by atoms with van der Waals surface area (Å²) < 4.78 is 5.04. The number of ether oxygens (including phenoxy) is 1. The Morgan fingerprint density at radius 2 is 1.31 bits per heavy atom. The van der Waals surface area contributed by atoms with Crippen LogP contribution in [0.4, 0.5) is 0 Å². The first kappa shape index (κ1) is 21.3. The fourth-order valence-electron chi connectivity index (χ4n) is 4.07. The molecule has 1 N–H and O–H groups in total. The van der Waals surface area contributed by atoms with Crippen LogP contribution in [0.2, 0.25) is 0 Å². The predicted molar refractivity (Wildman–Crippen MR) is 126 cm³/mol. The first-order valence-electron chi connectivity index (χ1n) is 10.6. The molecule has 0 spiro atoms. The van der Waals surface area contributed by atoms with Crippen molar-refractivity contribution in [3.05, 3.63) is 120 Å². The molecule has 0 bridgehead atoms. The second-order valence-electron chi connectivity index (χ2n) is 7.68. The standard InChI is InChI=1S/C28H25NO3/c1-32-28(31)25(19-23-17-10-16-20-11-8-9-18-24(20)23)29-27(30)26(21-12-4-2-5-13-21)22-14-6-3-7-15-22/h2-18,25-26H,19H2,1H3,(H,29,30)/t25-/m0/s1. The molecule has 4 nitrogen and oxygen atoms in total. The Morgan fingerprint density at radius 3 is 1.94 bits per heavy atom. The number of nitrogens with one attached hydrogen (secondary N) is 1. The Labute approximate surface area is 187 Å². The molecule has 0 aliphatic heterocycles. The van der Waals surface area contributed by atoms with Crippen LogP contribution >= 0.6 is 0 Å². The van der Waals surface area contributed by atoms with E-state index >= 15 is 0 Å². The molecule has 4 rings (SSSR count). The summed E-state index contributed by atoms with van der Waals surface area (Å²) >= 11 is 0. The van der Waals surface area contributed by atoms with Gasteiger partial charge in [0.15, 0.2) is 0 Å². The summed E-state index contributed by atoms with van der Waals surface area (Å²) in [5, 5.41) is 5.11. The van der Waals surface area contributed by atoms with E-state index in [0.717, 1.165) is 27.5 Å². The zero-order chi connectivity index (χ0) is 22.3. The zero-order valence-electron chi connectivity index (χ0n) is 17.9. The molecule has 160 valence electrons. The van der Waals surface area contributed by atoms with Crippen LogP contribution in [0.25, 0.3) is 10.8 Å². The van der Waals surface area contributed by atoms with Gasteiger partial charge in [0.05, 0.1) is 13.0 Å². The maximum atomic E-state index is 13.5. The average Bonchev–Trinajstić information content (AvgIpc) is 2.85. The van der Waals surface area contributed by atoms with E-state index in [2.05, 4.69) is 5.32 Å². The van der Waals surface area contributed by atoms with E-state index < -0.39 is 17.9 Å². The number of methoxy groups -OCH3 is 1. The highest BCUT2D eigenvalue weighted by atomic mass is 16.5. The van der Waals surface area contributed by atoms with Gasteiger partial charge in [-0.2, -0.15) is 0 Å². The van der Waals surface area contributed by atoms with E-state index in [1.165, 1.54) is 7.11 Å². The van der Waals surface area contributed by atoms with Gasteiger partial charge in [0, 0.05) is 6.42 Å². The number of hydrogen-bond donors (Lipinski definition) is 1. The Hall–Kier alpha value is -3.92. The normalized spacial score (nSPS) is 11.8. The lowest BCUT2D eigenvalue weighted by Crippen LogP contribution is -2.45. The highest BCUT2D eigenvalue weighted by Crippen LogP contribution is 2.26. The molecule has 0 fully saturated rings. The number of carbonyl (C=O) groups excluding carboxylic acids is 2. The molecule has 0 radical (unpaired) electrons. The number of benzene rings is 4. The largest absolute Gasteiger partial charge is 0.467 e. The van der Waals surface area contributed by atoms with Gasteiger partial charge >= 0.3 is 5.97 Å². The molecular weight excluding hydrogens is 398 g/mol. The minimum atomic E-state index is -0.798. The summed E-state index contributed by atoms with van der Waals surface area (Å²) in [6.45, 7) is 0. The highest BCUT2D eigenvalue weighted by Gasteiger charge is 2.28. The summed E-state index contributed by atoms with van der Waals surface area (Å²) in [5.41, 5.74) is 2.71. The summed E-state index contributed by atoms with van der Waals surface area (Å²) in [6.07, 6.45) is 0.343. The lowest BCUT2D eigenvalue weighted by Gasteiger charge is -2.22. The molecule has 0 saturated carbocycles. The molecule has 4 heteroatoms. The molecule has 0 saturated heterocycles. The van der Waals surface area contributed by atoms with Crippen molar-refractivity contribution < 1.29 is 14.3 Å². The van der Waals surface area contributed by atoms with Crippen molar-refractivity contribution in [1.82, 2.24) is 5.32 Å². The van der Waals surface area contributed by atoms with Gasteiger partial charge in [-0.25, -0.2) is 4.79 Å². The molecule has 0 aliphatic rings. The van der Waals surface area contributed by atoms with Crippen LogP contribution < -0.4 is 5.32 Å². The molecule has 4 aromatic rings. The molecular formula is C28H25NO3. The third kappa shape index (κ3) is 4.70. The van der Waals surface area contributed by atoms with Gasteiger partial charge in [0.2, 0.25) is 5.91 Å². The summed E-state index contributed by atoms with van der Waals surface area (Å²) in [7, 11) is 1.34. The maximum absolute atomic E-state index is 13.5. The van der Waals surface area contributed by atoms with E-state index in [9.17, 15) is 9.59 Å². The van der Waals surface area contributed by atoms with Crippen molar-refractivity contribution in [1.29, 1.82) is 0 Å². The fraction of sp³-hybridized carbons (Fsp3) is 0.143. The number of esters is 1. The van der Waals surface area contributed by atoms with Crippen molar-refractivity contribution in [2.24, 2.45) is 0 Å². The number of carbonyl (C=O) groups is 2. The molecule has 0 unspecified atom stereocenters. The lowest BCUT2D eigenvalue weighted by molar-refractivity contribution is -0.145. The quantitative estimate of drug-likeness (QED) is 0.432. The molecule has 0 heterocycles. The predicted octanol–water partition coefficient (Wildman–Crippen LogP) is 4.87. The molecule has 0 aromatic heterocycles. The van der Waals surface area contributed by atoms with E-state index in [1.807, 2.05) is 103 Å². The first-order chi connectivity index (χ1) is 15.7. The topological polar surface area (TPSA) is 55.4 Å². The van der Waals surface area contributed by atoms with Crippen molar-refractivity contribution in [2.75, 3.05) is 7.11 Å². The van der Waals surface area contributed by atoms with Gasteiger partial charge in [-0.15, -0.1) is 0 Å². The van der Waals surface area contributed by atoms with E-state index in [4.69, 9.17) is 4.74 Å². The average molecular weight is 424 g/mol. The lowest BCUT2D eigenvalue weighted by atomic mass is 9.90. The Balaban J connectivity index is 1.65. The number of hydrogen-bond acceptors (Lipinski definition) is 3. The number of rotatable bonds is 7. The second kappa shape index (κ2) is 9.92. The Kier molecular flexibility index (Phi) is 6.61. The van der Waals surface area contributed by atoms with Gasteiger partial charge in [0.25, 0.3) is 0 Å². The SMILES string of the molecule is COC(=O)[C@H](Cc1cccc2ccccc12)NC(=O)C(c1ccccc1)c1ccccc1. The van der Waals surface area contributed by atoms with Crippen molar-refractivity contribution in [3.8, 4) is 0 Å². The third-order valence-electron chi connectivity index (χ3n) is 5.63. The number of fused-ring (bicyclic) bond motifs is 1. The monoisotopic (exact) mass is 423 g/mol. The zero-order valence-corrected chi connectivity index (χ0v) is 17.9. The molecule has 4 aromatic carbocycles. The highest BCUT2D eigenvalue weighted by molar-refractivity contribution is 5.92. The van der Waals surface area contributed by atoms with E-state index in [-0.39, 0.29) is 5.91 Å². The van der Waals surface area contributed by atoms with Gasteiger partial charge in [-0.05, 0) is 27.5 Å². The Bertz CT molecular complexity index is 1160. The van der Waals surface area contributed by atoms with Gasteiger partial charge < -0.3 is 10.1 Å². The van der Waals surface area contributed by atoms with Gasteiger partial charge in [-0.1, -0.05) is 103 Å². The smallest absolute Gasteiger partial charge is 0.328 e. The van der Waals surface area contributed by atoms with Gasteiger partial charge in [-0.3, -0.25) is 4.79 Å². The first-order valence-corrected chi connectivity index (χ1v) is 10.6. The maximum Gasteiger partial charge on any atom is 0.328 e. The van der Waals surface area contributed by atoms with Crippen LogP contribution in [-0.2, 0) is 20.7 Å².